The zero-order valence-electron chi connectivity index (χ0n) is 64.8. The standard InChI is InChI=1S/C77H144N4O20P2/c1-7-13-19-25-27-29-31-37-43-49-76(88)100-70(47-41-35-23-17-11-5)52-56-95-63-66(80-74(86)59-69(83)46-40-34-22-16-10-4)64-98-102(90,91)96-57-53-78-72(84)61-73(85)79-54-58-97-103(92,93)99-65-67(62-94-55-51-68(82)45-39-33-21-15-9-3)81-75(87)60-71(48-42-36-24-18-12-6)101-77(89)50-44-38-32-30-28-26-20-14-8-2/h29-32,66-68,70-71,82H,7-28,33-65H2,1-6H3,(H,78,84)(H,79,85)(H,80,86)(H,81,87)(H,90,91)(H,92,93)/b31-29-,32-30-/t66?,67?,68-,70-,71-/m1/s1. The molecule has 0 radical (unpaired) electrons. The molecular formula is C77H144N4O20P2. The van der Waals surface area contributed by atoms with Gasteiger partial charge in [-0.3, -0.25) is 51.7 Å². The fraction of sp³-hybridized carbons (Fsp3) is 0.857. The van der Waals surface area contributed by atoms with E-state index >= 15 is 0 Å². The number of Topliss-reactive ketones (excluding diaryl/α,β-unsaturated/α-hetero) is 1. The lowest BCUT2D eigenvalue weighted by Gasteiger charge is -2.23. The van der Waals surface area contributed by atoms with Gasteiger partial charge in [0.15, 0.2) is 0 Å². The van der Waals surface area contributed by atoms with Crippen LogP contribution in [0.2, 0.25) is 0 Å². The highest BCUT2D eigenvalue weighted by molar-refractivity contribution is 7.47. The monoisotopic (exact) mass is 1510 g/mol. The van der Waals surface area contributed by atoms with E-state index in [1.807, 2.05) is 0 Å². The van der Waals surface area contributed by atoms with Crippen molar-refractivity contribution in [3.63, 3.8) is 0 Å². The predicted molar refractivity (Wildman–Crippen MR) is 406 cm³/mol. The Morgan fingerprint density at radius 1 is 0.369 bits per heavy atom. The molecule has 0 aliphatic heterocycles. The highest BCUT2D eigenvalue weighted by Crippen LogP contribution is 2.44. The van der Waals surface area contributed by atoms with Crippen LogP contribution in [0.1, 0.15) is 330 Å². The van der Waals surface area contributed by atoms with Crippen molar-refractivity contribution in [2.75, 3.05) is 65.9 Å². The van der Waals surface area contributed by atoms with Crippen LogP contribution in [-0.4, -0.2) is 153 Å². The van der Waals surface area contributed by atoms with Crippen LogP contribution in [0, 0.1) is 0 Å². The quantitative estimate of drug-likeness (QED) is 0.00978. The molecule has 0 saturated heterocycles. The third-order valence-electron chi connectivity index (χ3n) is 17.2. The molecule has 0 bridgehead atoms. The van der Waals surface area contributed by atoms with Crippen molar-refractivity contribution in [1.29, 1.82) is 0 Å². The summed E-state index contributed by atoms with van der Waals surface area (Å²) in [6.07, 6.45) is 43.1. The van der Waals surface area contributed by atoms with Crippen LogP contribution in [0.3, 0.4) is 0 Å². The van der Waals surface area contributed by atoms with E-state index in [1.165, 1.54) is 38.5 Å². The molecule has 0 aromatic rings. The number of esters is 2. The molecule has 0 aromatic carbocycles. The van der Waals surface area contributed by atoms with E-state index in [1.54, 1.807) is 0 Å². The summed E-state index contributed by atoms with van der Waals surface area (Å²) in [5, 5.41) is 20.9. The summed E-state index contributed by atoms with van der Waals surface area (Å²) in [4.78, 5) is 112. The van der Waals surface area contributed by atoms with Gasteiger partial charge in [-0.25, -0.2) is 9.13 Å². The number of phosphoric ester groups is 2. The fourth-order valence-electron chi connectivity index (χ4n) is 11.1. The SMILES string of the molecule is CCCCCC/C=C\CCCC(=O)O[C@H](CCCCCCC)CCOCC(COP(=O)(O)OCCNC(=O)CC(=O)NCCOP(=O)(O)OCC(COCC[C@H](O)CCCCCCC)NC(=O)C[C@@H](CCCCCCC)OC(=O)CCC/C=C\CCCCCC)NC(=O)CC(=O)CCCCCCC. The molecule has 103 heavy (non-hydrogen) atoms. The molecule has 7 N–H and O–H groups in total. The molecule has 602 valence electrons. The van der Waals surface area contributed by atoms with Gasteiger partial charge in [-0.1, -0.05) is 214 Å². The Morgan fingerprint density at radius 3 is 1.20 bits per heavy atom. The Kier molecular flexibility index (Phi) is 67.1. The minimum absolute atomic E-state index is 0.131. The summed E-state index contributed by atoms with van der Waals surface area (Å²) in [6.45, 7) is 10.0. The fourth-order valence-corrected chi connectivity index (χ4v) is 12.7. The second-order valence-electron chi connectivity index (χ2n) is 27.3. The van der Waals surface area contributed by atoms with E-state index in [-0.39, 0.29) is 76.5 Å². The van der Waals surface area contributed by atoms with Gasteiger partial charge in [0.25, 0.3) is 0 Å². The normalized spacial score (nSPS) is 14.3. The maximum Gasteiger partial charge on any atom is 0.472 e. The van der Waals surface area contributed by atoms with Crippen molar-refractivity contribution < 1.29 is 94.6 Å². The van der Waals surface area contributed by atoms with Crippen LogP contribution < -0.4 is 21.3 Å². The van der Waals surface area contributed by atoms with E-state index < -0.39 is 109 Å². The lowest BCUT2D eigenvalue weighted by molar-refractivity contribution is -0.152. The average Bonchev–Trinajstić information content (AvgIpc) is 0.925. The number of amides is 4. The Morgan fingerprint density at radius 2 is 0.748 bits per heavy atom. The number of ether oxygens (including phenoxy) is 4. The Hall–Kier alpha value is -3.93. The zero-order valence-corrected chi connectivity index (χ0v) is 66.6. The lowest BCUT2D eigenvalue weighted by atomic mass is 10.1. The number of hydrogen-bond acceptors (Lipinski definition) is 18. The summed E-state index contributed by atoms with van der Waals surface area (Å²) in [7, 11) is -9.62. The number of hydrogen-bond donors (Lipinski definition) is 7. The number of carbonyl (C=O) groups is 7. The maximum absolute atomic E-state index is 13.6. The molecule has 0 aliphatic carbocycles. The average molecular weight is 1510 g/mol. The van der Waals surface area contributed by atoms with Crippen LogP contribution in [-0.2, 0) is 79.7 Å². The van der Waals surface area contributed by atoms with Crippen LogP contribution in [0.25, 0.3) is 0 Å². The van der Waals surface area contributed by atoms with E-state index in [9.17, 15) is 57.6 Å². The highest BCUT2D eigenvalue weighted by Gasteiger charge is 2.28. The van der Waals surface area contributed by atoms with Gasteiger partial charge in [-0.2, -0.15) is 0 Å². The molecule has 4 unspecified atom stereocenters. The second-order valence-corrected chi connectivity index (χ2v) is 30.2. The van der Waals surface area contributed by atoms with Crippen molar-refractivity contribution in [2.45, 2.75) is 361 Å². The molecule has 0 saturated carbocycles. The minimum Gasteiger partial charge on any atom is -0.462 e. The van der Waals surface area contributed by atoms with Crippen LogP contribution in [0.4, 0.5) is 0 Å². The number of carbonyl (C=O) groups excluding carboxylic acids is 7. The number of unbranched alkanes of at least 4 members (excludes halogenated alkanes) is 26. The number of ketones is 1. The van der Waals surface area contributed by atoms with Crippen molar-refractivity contribution in [1.82, 2.24) is 21.3 Å². The Bertz CT molecular complexity index is 2300. The van der Waals surface area contributed by atoms with Crippen molar-refractivity contribution >= 4 is 57.0 Å². The van der Waals surface area contributed by atoms with E-state index in [0.717, 1.165) is 161 Å². The molecule has 24 nitrogen and oxygen atoms in total. The number of nitrogens with one attached hydrogen (secondary N) is 4. The van der Waals surface area contributed by atoms with Gasteiger partial charge >= 0.3 is 27.6 Å². The summed E-state index contributed by atoms with van der Waals surface area (Å²) in [5.74, 6) is -3.59. The largest absolute Gasteiger partial charge is 0.472 e. The van der Waals surface area contributed by atoms with Crippen LogP contribution in [0.5, 0.6) is 0 Å². The van der Waals surface area contributed by atoms with Gasteiger partial charge in [-0.15, -0.1) is 0 Å². The van der Waals surface area contributed by atoms with Crippen molar-refractivity contribution in [3.05, 3.63) is 24.3 Å². The van der Waals surface area contributed by atoms with E-state index in [0.29, 0.717) is 57.8 Å². The topological polar surface area (TPSA) is 336 Å². The molecule has 0 aliphatic rings. The van der Waals surface area contributed by atoms with Crippen molar-refractivity contribution in [3.8, 4) is 0 Å². The third-order valence-corrected chi connectivity index (χ3v) is 19.2. The Labute approximate surface area is 621 Å². The zero-order chi connectivity index (χ0) is 76.1. The predicted octanol–water partition coefficient (Wildman–Crippen LogP) is 16.0. The summed E-state index contributed by atoms with van der Waals surface area (Å²) >= 11 is 0. The van der Waals surface area contributed by atoms with E-state index in [2.05, 4.69) is 87.1 Å². The van der Waals surface area contributed by atoms with Crippen LogP contribution >= 0.6 is 15.6 Å². The van der Waals surface area contributed by atoms with Gasteiger partial charge < -0.3 is 55.1 Å². The summed E-state index contributed by atoms with van der Waals surface area (Å²) < 4.78 is 70.5. The van der Waals surface area contributed by atoms with Gasteiger partial charge in [0.05, 0.1) is 77.3 Å². The molecular weight excluding hydrogens is 1360 g/mol. The third kappa shape index (κ3) is 67.2. The molecule has 0 rings (SSSR count). The summed E-state index contributed by atoms with van der Waals surface area (Å²) in [6, 6.07) is -1.96. The molecule has 4 amide bonds. The van der Waals surface area contributed by atoms with E-state index in [4.69, 9.17) is 37.0 Å². The first-order chi connectivity index (χ1) is 49.7. The lowest BCUT2D eigenvalue weighted by Crippen LogP contribution is -2.43. The van der Waals surface area contributed by atoms with Gasteiger partial charge in [-0.05, 0) is 96.3 Å². The number of aliphatic hydroxyl groups is 1. The molecule has 0 heterocycles. The number of phosphoric acid groups is 2. The van der Waals surface area contributed by atoms with Gasteiger partial charge in [0, 0.05) is 45.4 Å². The molecule has 0 aromatic heterocycles. The molecule has 0 fully saturated rings. The van der Waals surface area contributed by atoms with Gasteiger partial charge in [0.1, 0.15) is 24.4 Å². The first-order valence-corrected chi connectivity index (χ1v) is 43.1. The number of allylic oxidation sites excluding steroid dienone is 4. The first kappa shape index (κ1) is 99.1. The minimum atomic E-state index is -4.82. The second kappa shape index (κ2) is 69.8. The summed E-state index contributed by atoms with van der Waals surface area (Å²) in [5.41, 5.74) is 0. The number of rotatable bonds is 76. The smallest absolute Gasteiger partial charge is 0.462 e. The maximum atomic E-state index is 13.6. The Balaban J connectivity index is 5.58. The van der Waals surface area contributed by atoms with Crippen LogP contribution in [0.15, 0.2) is 24.3 Å². The number of aliphatic hydroxyl groups excluding tert-OH is 1. The molecule has 7 atom stereocenters. The van der Waals surface area contributed by atoms with Gasteiger partial charge in [0.2, 0.25) is 23.6 Å². The first-order valence-electron chi connectivity index (χ1n) is 40.1. The van der Waals surface area contributed by atoms with Crippen molar-refractivity contribution in [2.24, 2.45) is 0 Å². The molecule has 0 spiro atoms. The highest BCUT2D eigenvalue weighted by atomic mass is 31.2. The molecule has 26 heteroatoms.